The molecule has 3 amide bonds. The fourth-order valence-corrected chi connectivity index (χ4v) is 10.6. The fourth-order valence-electron chi connectivity index (χ4n) is 7.01. The third kappa shape index (κ3) is 5.54. The summed E-state index contributed by atoms with van der Waals surface area (Å²) in [6, 6.07) is 8.20. The van der Waals surface area contributed by atoms with Gasteiger partial charge in [-0.3, -0.25) is 14.4 Å². The molecule has 0 aliphatic carbocycles. The van der Waals surface area contributed by atoms with Gasteiger partial charge in [-0.15, -0.1) is 24.9 Å². The predicted octanol–water partition coefficient (Wildman–Crippen LogP) is 4.89. The second-order valence-electron chi connectivity index (χ2n) is 11.5. The van der Waals surface area contributed by atoms with E-state index in [0.29, 0.717) is 26.1 Å². The summed E-state index contributed by atoms with van der Waals surface area (Å²) < 4.78 is -0.767. The van der Waals surface area contributed by atoms with Crippen LogP contribution >= 0.6 is 27.7 Å². The molecular formula is C32H44BrN3O4S. The second kappa shape index (κ2) is 13.5. The number of alkyl halides is 1. The molecule has 1 spiro atoms. The number of halogens is 1. The largest absolute Gasteiger partial charge is 0.394 e. The average Bonchev–Trinajstić information content (AvgIpc) is 3.57. The molecule has 41 heavy (non-hydrogen) atoms. The Morgan fingerprint density at radius 2 is 1.88 bits per heavy atom. The van der Waals surface area contributed by atoms with Gasteiger partial charge in [0.15, 0.2) is 0 Å². The summed E-state index contributed by atoms with van der Waals surface area (Å²) in [5.41, 5.74) is 0.754. The molecule has 1 aromatic carbocycles. The number of rotatable bonds is 14. The van der Waals surface area contributed by atoms with Gasteiger partial charge in [0.2, 0.25) is 17.7 Å². The minimum Gasteiger partial charge on any atom is -0.394 e. The third-order valence-corrected chi connectivity index (χ3v) is 12.4. The van der Waals surface area contributed by atoms with Crippen molar-refractivity contribution < 1.29 is 19.5 Å². The Bertz CT molecular complexity index is 1140. The van der Waals surface area contributed by atoms with Gasteiger partial charge in [-0.25, -0.2) is 0 Å². The van der Waals surface area contributed by atoms with Gasteiger partial charge in [0.05, 0.1) is 29.2 Å². The van der Waals surface area contributed by atoms with Crippen molar-refractivity contribution in [2.24, 2.45) is 17.8 Å². The highest BCUT2D eigenvalue weighted by atomic mass is 79.9. The number of unbranched alkanes of at least 4 members (excludes halogenated alkanes) is 1. The number of aliphatic hydroxyl groups excluding tert-OH is 1. The van der Waals surface area contributed by atoms with E-state index in [1.165, 1.54) is 0 Å². The second-order valence-corrected chi connectivity index (χ2v) is 14.3. The van der Waals surface area contributed by atoms with Crippen LogP contribution in [-0.2, 0) is 14.4 Å². The number of hydrogen-bond acceptors (Lipinski definition) is 5. The maximum absolute atomic E-state index is 14.6. The Morgan fingerprint density at radius 1 is 1.20 bits per heavy atom. The van der Waals surface area contributed by atoms with Crippen molar-refractivity contribution >= 4 is 51.1 Å². The molecule has 4 rings (SSSR count). The summed E-state index contributed by atoms with van der Waals surface area (Å²) in [7, 11) is 0. The number of carbonyl (C=O) groups excluding carboxylic acids is 3. The van der Waals surface area contributed by atoms with E-state index < -0.39 is 28.7 Å². The molecule has 3 heterocycles. The van der Waals surface area contributed by atoms with Crippen LogP contribution in [0.3, 0.4) is 0 Å². The zero-order valence-electron chi connectivity index (χ0n) is 24.5. The van der Waals surface area contributed by atoms with Crippen LogP contribution in [0, 0.1) is 17.8 Å². The molecule has 0 aromatic heterocycles. The highest BCUT2D eigenvalue weighted by Gasteiger charge is 2.76. The average molecular weight is 647 g/mol. The van der Waals surface area contributed by atoms with Crippen LogP contribution in [0.25, 0.3) is 0 Å². The Labute approximate surface area is 257 Å². The van der Waals surface area contributed by atoms with Gasteiger partial charge in [-0.1, -0.05) is 79.9 Å². The molecule has 3 aliphatic heterocycles. The summed E-state index contributed by atoms with van der Waals surface area (Å²) in [5.74, 6) is -1.69. The van der Waals surface area contributed by atoms with Gasteiger partial charge < -0.3 is 19.8 Å². The van der Waals surface area contributed by atoms with E-state index in [4.69, 9.17) is 0 Å². The first-order chi connectivity index (χ1) is 19.7. The number of likely N-dealkylation sites (tertiary alicyclic amines) is 1. The van der Waals surface area contributed by atoms with Crippen molar-refractivity contribution in [3.63, 3.8) is 0 Å². The minimum absolute atomic E-state index is 0.0179. The maximum Gasteiger partial charge on any atom is 0.247 e. The van der Waals surface area contributed by atoms with E-state index in [0.717, 1.165) is 24.9 Å². The van der Waals surface area contributed by atoms with Crippen molar-refractivity contribution in [2.75, 3.05) is 31.1 Å². The molecule has 3 fully saturated rings. The highest BCUT2D eigenvalue weighted by Crippen LogP contribution is 2.68. The van der Waals surface area contributed by atoms with Gasteiger partial charge in [0, 0.05) is 35.4 Å². The molecular weight excluding hydrogens is 602 g/mol. The van der Waals surface area contributed by atoms with E-state index in [9.17, 15) is 19.5 Å². The molecule has 1 N–H and O–H groups in total. The number of anilines is 1. The molecule has 0 saturated carbocycles. The molecule has 224 valence electrons. The third-order valence-electron chi connectivity index (χ3n) is 9.18. The van der Waals surface area contributed by atoms with Crippen molar-refractivity contribution in [1.29, 1.82) is 0 Å². The van der Waals surface area contributed by atoms with Crippen LogP contribution in [0.5, 0.6) is 0 Å². The summed E-state index contributed by atoms with van der Waals surface area (Å²) in [4.78, 5) is 48.9. The lowest BCUT2D eigenvalue weighted by Crippen LogP contribution is -2.59. The lowest BCUT2D eigenvalue weighted by Gasteiger charge is -2.41. The van der Waals surface area contributed by atoms with E-state index in [1.54, 1.807) is 33.7 Å². The summed E-state index contributed by atoms with van der Waals surface area (Å²) in [5, 5.41) is 10.5. The quantitative estimate of drug-likeness (QED) is 0.230. The number of benzene rings is 1. The smallest absolute Gasteiger partial charge is 0.247 e. The number of aliphatic hydroxyl groups is 1. The fraction of sp³-hybridized carbons (Fsp3) is 0.594. The maximum atomic E-state index is 14.6. The molecule has 9 heteroatoms. The number of amides is 3. The summed E-state index contributed by atoms with van der Waals surface area (Å²) >= 11 is 5.51. The summed E-state index contributed by atoms with van der Waals surface area (Å²) in [6.45, 7) is 14.9. The molecule has 1 aromatic rings. The molecule has 8 atom stereocenters. The van der Waals surface area contributed by atoms with E-state index in [2.05, 4.69) is 36.0 Å². The zero-order chi connectivity index (χ0) is 29.9. The Morgan fingerprint density at radius 3 is 2.46 bits per heavy atom. The topological polar surface area (TPSA) is 81.2 Å². The van der Waals surface area contributed by atoms with Crippen LogP contribution in [0.4, 0.5) is 5.69 Å². The van der Waals surface area contributed by atoms with Crippen LogP contribution in [0.2, 0.25) is 0 Å². The number of hydrogen-bond donors (Lipinski definition) is 1. The number of nitrogens with zero attached hydrogens (tertiary/aromatic N) is 3. The number of para-hydroxylation sites is 1. The van der Waals surface area contributed by atoms with Crippen LogP contribution in [-0.4, -0.2) is 85.8 Å². The van der Waals surface area contributed by atoms with Crippen molar-refractivity contribution in [2.45, 2.75) is 73.4 Å². The molecule has 2 bridgehead atoms. The SMILES string of the molecule is C=CCN(CCCC)C(=O)C1N([C@@H](CO)[C@@H](C)CC)C(=O)[C@@H]2[C@H](C(=O)N(CC=C)c3ccccc3)[C@H]3SC12CC3Br. The van der Waals surface area contributed by atoms with E-state index in [-0.39, 0.29) is 40.3 Å². The number of thioether (sulfide) groups is 1. The summed E-state index contributed by atoms with van der Waals surface area (Å²) in [6.07, 6.45) is 6.57. The lowest BCUT2D eigenvalue weighted by atomic mass is 9.70. The molecule has 3 saturated heterocycles. The first-order valence-electron chi connectivity index (χ1n) is 14.8. The van der Waals surface area contributed by atoms with Crippen LogP contribution < -0.4 is 4.90 Å². The van der Waals surface area contributed by atoms with Gasteiger partial charge in [-0.05, 0) is 30.9 Å². The predicted molar refractivity (Wildman–Crippen MR) is 170 cm³/mol. The Kier molecular flexibility index (Phi) is 10.5. The molecule has 3 aliphatic rings. The minimum atomic E-state index is -0.767. The van der Waals surface area contributed by atoms with Gasteiger partial charge in [0.1, 0.15) is 6.04 Å². The van der Waals surface area contributed by atoms with Crippen LogP contribution in [0.15, 0.2) is 55.6 Å². The molecule has 0 radical (unpaired) electrons. The Balaban J connectivity index is 1.83. The first kappa shape index (κ1) is 31.8. The Hall–Kier alpha value is -2.10. The van der Waals surface area contributed by atoms with E-state index >= 15 is 0 Å². The normalized spacial score (nSPS) is 29.6. The molecule has 3 unspecified atom stereocenters. The first-order valence-corrected chi connectivity index (χ1v) is 16.6. The number of fused-ring (bicyclic) bond motifs is 1. The highest BCUT2D eigenvalue weighted by molar-refractivity contribution is 9.09. The van der Waals surface area contributed by atoms with Crippen LogP contribution in [0.1, 0.15) is 46.5 Å². The van der Waals surface area contributed by atoms with Crippen molar-refractivity contribution in [3.05, 3.63) is 55.6 Å². The number of carbonyl (C=O) groups is 3. The lowest BCUT2D eigenvalue weighted by molar-refractivity contribution is -0.146. The zero-order valence-corrected chi connectivity index (χ0v) is 26.9. The van der Waals surface area contributed by atoms with E-state index in [1.807, 2.05) is 49.1 Å². The van der Waals surface area contributed by atoms with Gasteiger partial charge in [0.25, 0.3) is 0 Å². The molecule has 7 nitrogen and oxygen atoms in total. The standard InChI is InChI=1S/C32H44BrN3O4S/c1-6-10-18-34(16-7-2)31(40)28-32-19-23(33)27(41-32)25(26(32)30(39)36(28)24(20-37)21(5)9-4)29(38)35(17-8-3)22-14-12-11-13-15-22/h7-8,11-15,21,23-28,37H,2-3,6,9-10,16-20H2,1,4-5H3/t21-,23?,24-,25-,26-,27-,28?,32?/m0/s1. The van der Waals surface area contributed by atoms with Crippen molar-refractivity contribution in [3.8, 4) is 0 Å². The van der Waals surface area contributed by atoms with Gasteiger partial charge >= 0.3 is 0 Å². The van der Waals surface area contributed by atoms with Crippen molar-refractivity contribution in [1.82, 2.24) is 9.80 Å². The monoisotopic (exact) mass is 645 g/mol. The van der Waals surface area contributed by atoms with Gasteiger partial charge in [-0.2, -0.15) is 0 Å².